The molecule has 4 rings (SSSR count). The molecule has 1 saturated heterocycles. The van der Waals surface area contributed by atoms with Crippen LogP contribution in [0.1, 0.15) is 37.9 Å². The third-order valence-corrected chi connectivity index (χ3v) is 6.69. The van der Waals surface area contributed by atoms with Gasteiger partial charge in [-0.15, -0.1) is 5.10 Å². The van der Waals surface area contributed by atoms with Gasteiger partial charge in [0.25, 0.3) is 0 Å². The van der Waals surface area contributed by atoms with Gasteiger partial charge >= 0.3 is 0 Å². The van der Waals surface area contributed by atoms with Crippen LogP contribution in [0.4, 0.5) is 16.0 Å². The molecule has 36 heavy (non-hydrogen) atoms. The fraction of sp³-hybridized carbons (Fsp3) is 0.462. The molecule has 10 heteroatoms. The second kappa shape index (κ2) is 10.6. The molecule has 1 aliphatic rings. The molecule has 3 heterocycles. The van der Waals surface area contributed by atoms with E-state index in [0.29, 0.717) is 25.3 Å². The molecule has 0 saturated carbocycles. The van der Waals surface area contributed by atoms with Crippen LogP contribution in [0.25, 0.3) is 16.6 Å². The summed E-state index contributed by atoms with van der Waals surface area (Å²) in [6.07, 6.45) is 2.69. The Morgan fingerprint density at radius 1 is 1.39 bits per heavy atom. The molecule has 3 atom stereocenters. The lowest BCUT2D eigenvalue weighted by Crippen LogP contribution is -2.47. The molecule has 1 N–H and O–H groups in total. The van der Waals surface area contributed by atoms with Crippen LogP contribution in [-0.4, -0.2) is 64.3 Å². The van der Waals surface area contributed by atoms with Gasteiger partial charge in [-0.05, 0) is 60.2 Å². The molecule has 188 valence electrons. The molecule has 0 spiro atoms. The first-order valence-corrected chi connectivity index (χ1v) is 12.7. The molecule has 2 aromatic heterocycles. The molecule has 0 amide bonds. The number of aryl methyl sites for hydroxylation is 1. The summed E-state index contributed by atoms with van der Waals surface area (Å²) in [5.41, 5.74) is 6.39. The summed E-state index contributed by atoms with van der Waals surface area (Å²) >= 11 is 4.56. The van der Waals surface area contributed by atoms with Gasteiger partial charge in [-0.2, -0.15) is 22.9 Å². The van der Waals surface area contributed by atoms with Gasteiger partial charge in [0, 0.05) is 31.0 Å². The Balaban J connectivity index is 1.69. The molecule has 2 radical (unpaired) electrons. The number of anilines is 1. The molecule has 1 fully saturated rings. The van der Waals surface area contributed by atoms with Crippen LogP contribution >= 0.6 is 12.6 Å². The maximum atomic E-state index is 15.1. The van der Waals surface area contributed by atoms with Crippen molar-refractivity contribution in [2.24, 2.45) is 10.2 Å². The lowest BCUT2D eigenvalue weighted by atomic mass is 9.83. The predicted molar refractivity (Wildman–Crippen MR) is 148 cm³/mol. The Hall–Kier alpha value is -2.88. The number of nitrogens with one attached hydrogen (secondary N) is 1. The normalized spacial score (nSPS) is 20.1. The average Bonchev–Trinajstić information content (AvgIpc) is 3.24. The molecule has 3 aromatic rings. The number of hydrogen-bond donors (Lipinski definition) is 2. The Bertz CT molecular complexity index is 1280. The zero-order valence-corrected chi connectivity index (χ0v) is 22.3. The highest BCUT2D eigenvalue weighted by molar-refractivity contribution is 7.83. The summed E-state index contributed by atoms with van der Waals surface area (Å²) in [4.78, 5) is 6.83. The van der Waals surface area contributed by atoms with Crippen molar-refractivity contribution in [3.63, 3.8) is 0 Å². The van der Waals surface area contributed by atoms with Crippen molar-refractivity contribution in [2.75, 3.05) is 25.5 Å². The van der Waals surface area contributed by atoms with E-state index >= 15 is 4.39 Å². The van der Waals surface area contributed by atoms with Crippen molar-refractivity contribution in [3.8, 4) is 11.1 Å². The van der Waals surface area contributed by atoms with Crippen LogP contribution < -0.4 is 5.32 Å². The van der Waals surface area contributed by atoms with Gasteiger partial charge in [0.15, 0.2) is 0 Å². The number of piperidine rings is 1. The van der Waals surface area contributed by atoms with Gasteiger partial charge in [0.1, 0.15) is 6.17 Å². The van der Waals surface area contributed by atoms with Gasteiger partial charge in [-0.3, -0.25) is 0 Å². The van der Waals surface area contributed by atoms with Crippen molar-refractivity contribution >= 4 is 37.6 Å². The van der Waals surface area contributed by atoms with Crippen LogP contribution in [0.15, 0.2) is 53.0 Å². The molecule has 7 nitrogen and oxygen atoms in total. The largest absolute Gasteiger partial charge is 0.372 e. The highest BCUT2D eigenvalue weighted by atomic mass is 32.1. The van der Waals surface area contributed by atoms with Crippen LogP contribution in [0.2, 0.25) is 0 Å². The number of benzene rings is 1. The molecule has 1 aliphatic heterocycles. The third kappa shape index (κ3) is 5.74. The zero-order valence-electron chi connectivity index (χ0n) is 21.4. The highest BCUT2D eigenvalue weighted by Gasteiger charge is 2.30. The second-order valence-electron chi connectivity index (χ2n) is 9.66. The quantitative estimate of drug-likeness (QED) is 0.240. The van der Waals surface area contributed by atoms with Crippen LogP contribution in [0.5, 0.6) is 0 Å². The highest BCUT2D eigenvalue weighted by Crippen LogP contribution is 2.33. The van der Waals surface area contributed by atoms with Gasteiger partial charge < -0.3 is 10.2 Å². The van der Waals surface area contributed by atoms with Crippen LogP contribution in [0.3, 0.4) is 0 Å². The summed E-state index contributed by atoms with van der Waals surface area (Å²) in [6.45, 7) is 11.0. The number of alkyl halides is 1. The number of rotatable bonds is 8. The SMILES string of the molecule is [B]C(C)(S)Cc1nc(NC2CCN(C(=C)CC)CC2F)nn2ccc(-c3ccc(N=NC)c(C)c3)c12. The number of nitrogens with zero attached hydrogens (tertiary/aromatic N) is 6. The maximum absolute atomic E-state index is 15.1. The van der Waals surface area contributed by atoms with Crippen molar-refractivity contribution in [2.45, 2.75) is 56.9 Å². The summed E-state index contributed by atoms with van der Waals surface area (Å²) in [7, 11) is 7.94. The molecule has 0 aliphatic carbocycles. The van der Waals surface area contributed by atoms with E-state index in [9.17, 15) is 0 Å². The van der Waals surface area contributed by atoms with Gasteiger partial charge in [-0.25, -0.2) is 13.9 Å². The number of fused-ring (bicyclic) bond motifs is 1. The smallest absolute Gasteiger partial charge is 0.241 e. The van der Waals surface area contributed by atoms with E-state index in [2.05, 4.69) is 45.9 Å². The first kappa shape index (κ1) is 26.2. The predicted octanol–water partition coefficient (Wildman–Crippen LogP) is 5.52. The maximum Gasteiger partial charge on any atom is 0.241 e. The first-order chi connectivity index (χ1) is 17.1. The summed E-state index contributed by atoms with van der Waals surface area (Å²) in [5, 5.41) is 16.0. The van der Waals surface area contributed by atoms with E-state index in [1.165, 1.54) is 0 Å². The van der Waals surface area contributed by atoms with Crippen LogP contribution in [-0.2, 0) is 6.42 Å². The van der Waals surface area contributed by atoms with E-state index in [0.717, 1.165) is 52.3 Å². The van der Waals surface area contributed by atoms with E-state index in [1.807, 2.05) is 50.1 Å². The third-order valence-electron chi connectivity index (χ3n) is 6.54. The number of allylic oxidation sites excluding steroid dienone is 1. The summed E-state index contributed by atoms with van der Waals surface area (Å²) in [5.74, 6) is 0.377. The van der Waals surface area contributed by atoms with Gasteiger partial charge in [0.05, 0.1) is 37.3 Å². The van der Waals surface area contributed by atoms with Crippen molar-refractivity contribution in [1.82, 2.24) is 19.5 Å². The number of halogens is 1. The van der Waals surface area contributed by atoms with E-state index in [-0.39, 0.29) is 6.04 Å². The Labute approximate surface area is 219 Å². The number of thiol groups is 1. The summed E-state index contributed by atoms with van der Waals surface area (Å²) < 4.78 is 16.1. The Morgan fingerprint density at radius 3 is 2.81 bits per heavy atom. The van der Waals surface area contributed by atoms with E-state index in [4.69, 9.17) is 12.8 Å². The van der Waals surface area contributed by atoms with Crippen molar-refractivity contribution in [3.05, 3.63) is 54.0 Å². The molecule has 0 bridgehead atoms. The number of hydrogen-bond acceptors (Lipinski definition) is 7. The summed E-state index contributed by atoms with van der Waals surface area (Å²) in [6, 6.07) is 7.66. The minimum absolute atomic E-state index is 0.317. The standard InChI is InChI=1S/C26H33BFN7S/c1-6-17(3)34-11-10-22(20(28)15-34)30-25-31-23(14-26(4,27)36)24-19(9-12-35(24)33-25)18-7-8-21(32-29-5)16(2)13-18/h7-9,12-13,20,22,36H,3,6,10-11,14-15H2,1-2,4-5H3,(H,30,33). The fourth-order valence-electron chi connectivity index (χ4n) is 4.64. The van der Waals surface area contributed by atoms with Crippen molar-refractivity contribution in [1.29, 1.82) is 0 Å². The fourth-order valence-corrected chi connectivity index (χ4v) is 4.79. The van der Waals surface area contributed by atoms with Gasteiger partial charge in [0.2, 0.25) is 5.95 Å². The molecule has 1 aromatic carbocycles. The van der Waals surface area contributed by atoms with Crippen molar-refractivity contribution < 1.29 is 4.39 Å². The van der Waals surface area contributed by atoms with Crippen LogP contribution in [0, 0.1) is 6.92 Å². The topological polar surface area (TPSA) is 70.2 Å². The lowest BCUT2D eigenvalue weighted by Gasteiger charge is -2.37. The van der Waals surface area contributed by atoms with E-state index < -0.39 is 10.8 Å². The Morgan fingerprint density at radius 2 is 2.17 bits per heavy atom. The molecular formula is C26H33BFN7S. The van der Waals surface area contributed by atoms with Gasteiger partial charge in [-0.1, -0.05) is 26.5 Å². The number of aromatic nitrogens is 3. The minimum Gasteiger partial charge on any atom is -0.372 e. The lowest BCUT2D eigenvalue weighted by molar-refractivity contribution is 0.152. The first-order valence-electron chi connectivity index (χ1n) is 12.2. The zero-order chi connectivity index (χ0) is 26.0. The molecule has 3 unspecified atom stereocenters. The second-order valence-corrected chi connectivity index (χ2v) is 10.7. The van der Waals surface area contributed by atoms with E-state index in [1.54, 1.807) is 11.6 Å². The molecular weight excluding hydrogens is 472 g/mol. The average molecular weight is 505 g/mol. The Kier molecular flexibility index (Phi) is 7.73. The minimum atomic E-state index is -1.06. The monoisotopic (exact) mass is 505 g/mol. The number of azo groups is 1. The number of likely N-dealkylation sites (tertiary alicyclic amines) is 1.